The van der Waals surface area contributed by atoms with E-state index in [9.17, 15) is 14.0 Å². The largest absolute Gasteiger partial charge is 0.478 e. The van der Waals surface area contributed by atoms with Crippen molar-refractivity contribution in [1.82, 2.24) is 4.90 Å². The molecule has 0 radical (unpaired) electrons. The number of aryl methyl sites for hydroxylation is 1. The summed E-state index contributed by atoms with van der Waals surface area (Å²) >= 11 is 3.08. The molecule has 1 aromatic carbocycles. The Labute approximate surface area is 140 Å². The third kappa shape index (κ3) is 4.19. The quantitative estimate of drug-likeness (QED) is 0.858. The maximum Gasteiger partial charge on any atom is 0.339 e. The highest BCUT2D eigenvalue weighted by molar-refractivity contribution is 9.10. The Morgan fingerprint density at radius 1 is 1.35 bits per heavy atom. The number of amides is 1. The summed E-state index contributed by atoms with van der Waals surface area (Å²) in [5.41, 5.74) is 0.764. The minimum atomic E-state index is -1.07. The molecule has 0 fully saturated rings. The molecule has 0 atom stereocenters. The zero-order valence-corrected chi connectivity index (χ0v) is 14.2. The summed E-state index contributed by atoms with van der Waals surface area (Å²) in [5.74, 6) is -0.939. The molecule has 0 unspecified atom stereocenters. The maximum atomic E-state index is 13.2. The van der Waals surface area contributed by atoms with Crippen LogP contribution in [0.3, 0.4) is 0 Å². The summed E-state index contributed by atoms with van der Waals surface area (Å²) in [6, 6.07) is 5.81. The van der Waals surface area contributed by atoms with Crippen molar-refractivity contribution in [2.75, 3.05) is 7.05 Å². The fourth-order valence-electron chi connectivity index (χ4n) is 2.12. The van der Waals surface area contributed by atoms with Crippen LogP contribution in [0.15, 0.2) is 33.2 Å². The van der Waals surface area contributed by atoms with Gasteiger partial charge in [0.1, 0.15) is 22.9 Å². The van der Waals surface area contributed by atoms with Crippen molar-refractivity contribution in [2.45, 2.75) is 19.9 Å². The van der Waals surface area contributed by atoms with Crippen molar-refractivity contribution in [3.63, 3.8) is 0 Å². The van der Waals surface area contributed by atoms with Crippen LogP contribution in [-0.2, 0) is 17.8 Å². The number of carboxylic acids is 1. The number of nitrogens with zero attached hydrogens (tertiary/aromatic N) is 1. The number of carboxylic acid groups (broad SMARTS) is 1. The third-order valence-electron chi connectivity index (χ3n) is 3.36. The lowest BCUT2D eigenvalue weighted by molar-refractivity contribution is -0.129. The molecule has 2 rings (SSSR count). The van der Waals surface area contributed by atoms with Gasteiger partial charge in [-0.1, -0.05) is 6.07 Å². The van der Waals surface area contributed by atoms with Gasteiger partial charge in [-0.05, 0) is 46.6 Å². The lowest BCUT2D eigenvalue weighted by Crippen LogP contribution is -2.27. The molecule has 2 aromatic rings. The Morgan fingerprint density at radius 3 is 2.61 bits per heavy atom. The fraction of sp³-hybridized carbons (Fsp3) is 0.250. The monoisotopic (exact) mass is 383 g/mol. The van der Waals surface area contributed by atoms with Crippen LogP contribution in [-0.4, -0.2) is 28.9 Å². The highest BCUT2D eigenvalue weighted by atomic mass is 79.9. The van der Waals surface area contributed by atoms with Gasteiger partial charge in [0.05, 0.1) is 17.4 Å². The van der Waals surface area contributed by atoms with Crippen molar-refractivity contribution < 1.29 is 23.5 Å². The van der Waals surface area contributed by atoms with Crippen molar-refractivity contribution in [2.24, 2.45) is 0 Å². The minimum Gasteiger partial charge on any atom is -0.478 e. The second-order valence-electron chi connectivity index (χ2n) is 5.16. The lowest BCUT2D eigenvalue weighted by Gasteiger charge is -2.15. The summed E-state index contributed by atoms with van der Waals surface area (Å²) in [7, 11) is 1.60. The normalized spacial score (nSPS) is 10.6. The molecule has 0 spiro atoms. The SMILES string of the molecule is Cc1oc(CN(C)C(=O)Cc2ccc(F)c(Br)c2)cc1C(=O)O. The van der Waals surface area contributed by atoms with Crippen LogP contribution in [0, 0.1) is 12.7 Å². The third-order valence-corrected chi connectivity index (χ3v) is 3.97. The molecule has 0 aliphatic heterocycles. The molecular formula is C16H15BrFNO4. The highest BCUT2D eigenvalue weighted by Gasteiger charge is 2.17. The fourth-order valence-corrected chi connectivity index (χ4v) is 2.54. The van der Waals surface area contributed by atoms with Gasteiger partial charge in [0.2, 0.25) is 5.91 Å². The maximum absolute atomic E-state index is 13.2. The topological polar surface area (TPSA) is 70.8 Å². The van der Waals surface area contributed by atoms with Crippen molar-refractivity contribution in [3.8, 4) is 0 Å². The van der Waals surface area contributed by atoms with E-state index in [0.717, 1.165) is 0 Å². The molecule has 1 aromatic heterocycles. The zero-order valence-electron chi connectivity index (χ0n) is 12.6. The van der Waals surface area contributed by atoms with Crippen molar-refractivity contribution in [1.29, 1.82) is 0 Å². The molecule has 0 aliphatic carbocycles. The molecule has 1 amide bonds. The van der Waals surface area contributed by atoms with E-state index in [4.69, 9.17) is 9.52 Å². The molecule has 1 N–H and O–H groups in total. The van der Waals surface area contributed by atoms with Gasteiger partial charge in [0, 0.05) is 7.05 Å². The van der Waals surface area contributed by atoms with Gasteiger partial charge in [-0.15, -0.1) is 0 Å². The summed E-state index contributed by atoms with van der Waals surface area (Å²) < 4.78 is 18.8. The first-order valence-corrected chi connectivity index (χ1v) is 7.57. The average Bonchev–Trinajstić information content (AvgIpc) is 2.83. The number of carbonyl (C=O) groups excluding carboxylic acids is 1. The number of carbonyl (C=O) groups is 2. The number of halogens is 2. The summed E-state index contributed by atoms with van der Waals surface area (Å²) in [6.07, 6.45) is 0.112. The van der Waals surface area contributed by atoms with E-state index in [0.29, 0.717) is 21.6 Å². The van der Waals surface area contributed by atoms with Crippen LogP contribution in [0.1, 0.15) is 27.4 Å². The molecular weight excluding hydrogens is 369 g/mol. The number of hydrogen-bond acceptors (Lipinski definition) is 3. The molecule has 0 bridgehead atoms. The standard InChI is InChI=1S/C16H15BrFNO4/c1-9-12(16(21)22)7-11(23-9)8-19(2)15(20)6-10-3-4-14(18)13(17)5-10/h3-5,7H,6,8H2,1-2H3,(H,21,22). The smallest absolute Gasteiger partial charge is 0.339 e. The van der Waals surface area contributed by atoms with Gasteiger partial charge in [-0.2, -0.15) is 0 Å². The predicted molar refractivity (Wildman–Crippen MR) is 84.7 cm³/mol. The highest BCUT2D eigenvalue weighted by Crippen LogP contribution is 2.19. The van der Waals surface area contributed by atoms with Crippen LogP contribution < -0.4 is 0 Å². The Balaban J connectivity index is 2.03. The van der Waals surface area contributed by atoms with Crippen molar-refractivity contribution >= 4 is 27.8 Å². The second-order valence-corrected chi connectivity index (χ2v) is 6.02. The molecule has 23 heavy (non-hydrogen) atoms. The second kappa shape index (κ2) is 6.95. The van der Waals surface area contributed by atoms with Gasteiger partial charge < -0.3 is 14.4 Å². The van der Waals surface area contributed by atoms with Crippen LogP contribution in [0.2, 0.25) is 0 Å². The van der Waals surface area contributed by atoms with Crippen LogP contribution in [0.25, 0.3) is 0 Å². The number of likely N-dealkylation sites (N-methyl/N-ethyl adjacent to an activating group) is 1. The summed E-state index contributed by atoms with van der Waals surface area (Å²) in [6.45, 7) is 1.72. The van der Waals surface area contributed by atoms with Gasteiger partial charge in [0.15, 0.2) is 0 Å². The van der Waals surface area contributed by atoms with Crippen molar-refractivity contribution in [3.05, 3.63) is 57.2 Å². The molecule has 0 saturated carbocycles. The van der Waals surface area contributed by atoms with Gasteiger partial charge in [-0.3, -0.25) is 4.79 Å². The Hall–Kier alpha value is -2.15. The van der Waals surface area contributed by atoms with E-state index in [1.165, 1.54) is 17.0 Å². The van der Waals surface area contributed by atoms with E-state index >= 15 is 0 Å². The molecule has 122 valence electrons. The van der Waals surface area contributed by atoms with Gasteiger partial charge >= 0.3 is 5.97 Å². The number of aromatic carboxylic acids is 1. The van der Waals surface area contributed by atoms with Gasteiger partial charge in [0.25, 0.3) is 0 Å². The lowest BCUT2D eigenvalue weighted by atomic mass is 10.1. The van der Waals surface area contributed by atoms with E-state index in [1.54, 1.807) is 26.1 Å². The van der Waals surface area contributed by atoms with E-state index in [2.05, 4.69) is 15.9 Å². The Morgan fingerprint density at radius 2 is 2.04 bits per heavy atom. The van der Waals surface area contributed by atoms with E-state index in [-0.39, 0.29) is 30.3 Å². The summed E-state index contributed by atoms with van der Waals surface area (Å²) in [4.78, 5) is 24.6. The minimum absolute atomic E-state index is 0.0864. The Bertz CT molecular complexity index is 757. The van der Waals surface area contributed by atoms with Crippen LogP contribution >= 0.6 is 15.9 Å². The zero-order chi connectivity index (χ0) is 17.1. The molecule has 0 aliphatic rings. The number of hydrogen-bond donors (Lipinski definition) is 1. The van der Waals surface area contributed by atoms with Crippen LogP contribution in [0.5, 0.6) is 0 Å². The molecule has 5 nitrogen and oxygen atoms in total. The average molecular weight is 384 g/mol. The number of benzene rings is 1. The first-order chi connectivity index (χ1) is 10.8. The van der Waals surface area contributed by atoms with E-state index < -0.39 is 5.97 Å². The first kappa shape index (κ1) is 17.2. The summed E-state index contributed by atoms with van der Waals surface area (Å²) in [5, 5.41) is 8.99. The molecule has 1 heterocycles. The predicted octanol–water partition coefficient (Wildman–Crippen LogP) is 3.39. The first-order valence-electron chi connectivity index (χ1n) is 6.78. The Kier molecular flexibility index (Phi) is 5.20. The van der Waals surface area contributed by atoms with Gasteiger partial charge in [-0.25, -0.2) is 9.18 Å². The van der Waals surface area contributed by atoms with E-state index in [1.807, 2.05) is 0 Å². The number of rotatable bonds is 5. The number of furan rings is 1. The molecule has 0 saturated heterocycles. The van der Waals surface area contributed by atoms with Crippen LogP contribution in [0.4, 0.5) is 4.39 Å². The molecule has 7 heteroatoms.